The molecule has 0 saturated carbocycles. The van der Waals surface area contributed by atoms with E-state index in [0.717, 1.165) is 18.9 Å². The maximum absolute atomic E-state index is 12.8. The van der Waals surface area contributed by atoms with Crippen LogP contribution in [0.3, 0.4) is 0 Å². The van der Waals surface area contributed by atoms with Crippen LogP contribution >= 0.6 is 0 Å². The van der Waals surface area contributed by atoms with Crippen LogP contribution in [-0.2, 0) is 6.18 Å². The summed E-state index contributed by atoms with van der Waals surface area (Å²) < 4.78 is 38.5. The Hall–Kier alpha value is -2.05. The van der Waals surface area contributed by atoms with Gasteiger partial charge in [-0.25, -0.2) is 9.78 Å². The van der Waals surface area contributed by atoms with E-state index in [1.165, 1.54) is 0 Å². The SMILES string of the molecule is O=C(O)c1ccc(C(F)(F)F)nc1N1C2C=CCC1CC2. The van der Waals surface area contributed by atoms with Crippen LogP contribution < -0.4 is 4.90 Å². The molecule has 0 aliphatic carbocycles. The standard InChI is InChI=1S/C14H13F3N2O2/c15-14(16,17)11-7-6-10(13(20)21)12(18-11)19-8-2-1-3-9(19)5-4-8/h1-2,6-9H,3-5H2,(H,20,21). The van der Waals surface area contributed by atoms with Crippen molar-refractivity contribution in [2.75, 3.05) is 4.90 Å². The van der Waals surface area contributed by atoms with Crippen molar-refractivity contribution >= 4 is 11.8 Å². The van der Waals surface area contributed by atoms with Gasteiger partial charge in [-0.05, 0) is 31.4 Å². The minimum Gasteiger partial charge on any atom is -0.478 e. The summed E-state index contributed by atoms with van der Waals surface area (Å²) in [6.45, 7) is 0. The number of alkyl halides is 3. The molecule has 0 aromatic carbocycles. The van der Waals surface area contributed by atoms with Gasteiger partial charge < -0.3 is 10.0 Å². The second-order valence-corrected chi connectivity index (χ2v) is 5.24. The molecule has 4 nitrogen and oxygen atoms in total. The number of carboxylic acid groups (broad SMARTS) is 1. The van der Waals surface area contributed by atoms with E-state index in [9.17, 15) is 23.1 Å². The third-order valence-corrected chi connectivity index (χ3v) is 3.95. The van der Waals surface area contributed by atoms with Crippen LogP contribution in [-0.4, -0.2) is 28.1 Å². The average molecular weight is 298 g/mol. The minimum atomic E-state index is -4.59. The van der Waals surface area contributed by atoms with Crippen LogP contribution in [0.2, 0.25) is 0 Å². The summed E-state index contributed by atoms with van der Waals surface area (Å²) in [7, 11) is 0. The lowest BCUT2D eigenvalue weighted by molar-refractivity contribution is -0.141. The van der Waals surface area contributed by atoms with Gasteiger partial charge in [0.2, 0.25) is 0 Å². The number of halogens is 3. The number of pyridine rings is 1. The molecule has 112 valence electrons. The highest BCUT2D eigenvalue weighted by atomic mass is 19.4. The molecule has 2 atom stereocenters. The Morgan fingerprint density at radius 2 is 2.10 bits per heavy atom. The molecule has 1 aromatic heterocycles. The van der Waals surface area contributed by atoms with Gasteiger partial charge >= 0.3 is 12.1 Å². The fraction of sp³-hybridized carbons (Fsp3) is 0.429. The molecule has 1 aromatic rings. The zero-order valence-corrected chi connectivity index (χ0v) is 11.0. The maximum Gasteiger partial charge on any atom is 0.433 e. The Morgan fingerprint density at radius 3 is 2.71 bits per heavy atom. The third kappa shape index (κ3) is 2.36. The number of anilines is 1. The van der Waals surface area contributed by atoms with Gasteiger partial charge in [0.05, 0.1) is 0 Å². The van der Waals surface area contributed by atoms with Crippen molar-refractivity contribution in [3.05, 3.63) is 35.5 Å². The van der Waals surface area contributed by atoms with Gasteiger partial charge in [0.25, 0.3) is 0 Å². The number of aromatic carboxylic acids is 1. The first-order valence-electron chi connectivity index (χ1n) is 6.64. The number of nitrogens with zero attached hydrogens (tertiary/aromatic N) is 2. The van der Waals surface area contributed by atoms with Crippen molar-refractivity contribution in [1.82, 2.24) is 4.98 Å². The first-order valence-corrected chi connectivity index (χ1v) is 6.64. The zero-order chi connectivity index (χ0) is 15.2. The average Bonchev–Trinajstić information content (AvgIpc) is 2.66. The van der Waals surface area contributed by atoms with Crippen molar-refractivity contribution < 1.29 is 23.1 Å². The largest absolute Gasteiger partial charge is 0.478 e. The summed E-state index contributed by atoms with van der Waals surface area (Å²) in [5.41, 5.74) is -1.24. The van der Waals surface area contributed by atoms with E-state index in [2.05, 4.69) is 4.98 Å². The quantitative estimate of drug-likeness (QED) is 0.852. The zero-order valence-electron chi connectivity index (χ0n) is 11.0. The molecule has 2 aliphatic rings. The van der Waals surface area contributed by atoms with Crippen LogP contribution in [0.15, 0.2) is 24.3 Å². The van der Waals surface area contributed by atoms with E-state index in [1.807, 2.05) is 12.2 Å². The van der Waals surface area contributed by atoms with E-state index >= 15 is 0 Å². The molecule has 1 N–H and O–H groups in total. The molecule has 2 bridgehead atoms. The van der Waals surface area contributed by atoms with Gasteiger partial charge in [-0.3, -0.25) is 0 Å². The molecule has 1 fully saturated rings. The van der Waals surface area contributed by atoms with Crippen molar-refractivity contribution in [2.24, 2.45) is 0 Å². The number of carbonyl (C=O) groups is 1. The Morgan fingerprint density at radius 1 is 1.33 bits per heavy atom. The Labute approximate surface area is 118 Å². The second kappa shape index (κ2) is 4.75. The Balaban J connectivity index is 2.11. The van der Waals surface area contributed by atoms with Crippen molar-refractivity contribution in [3.8, 4) is 0 Å². The maximum atomic E-state index is 12.8. The first-order chi connectivity index (χ1) is 9.88. The van der Waals surface area contributed by atoms with Gasteiger partial charge in [-0.1, -0.05) is 12.2 Å². The van der Waals surface area contributed by atoms with Gasteiger partial charge in [0, 0.05) is 12.1 Å². The molecule has 21 heavy (non-hydrogen) atoms. The molecule has 0 spiro atoms. The lowest BCUT2D eigenvalue weighted by atomic mass is 10.1. The van der Waals surface area contributed by atoms with Crippen LogP contribution in [0.4, 0.5) is 19.0 Å². The molecule has 3 rings (SSSR count). The highest BCUT2D eigenvalue weighted by Crippen LogP contribution is 2.38. The van der Waals surface area contributed by atoms with Gasteiger partial charge in [0.1, 0.15) is 17.1 Å². The predicted molar refractivity (Wildman–Crippen MR) is 69.2 cm³/mol. The predicted octanol–water partition coefficient (Wildman–Crippen LogP) is 3.10. The lowest BCUT2D eigenvalue weighted by Gasteiger charge is -2.33. The summed E-state index contributed by atoms with van der Waals surface area (Å²) in [4.78, 5) is 16.6. The van der Waals surface area contributed by atoms with E-state index < -0.39 is 17.8 Å². The molecule has 2 aliphatic heterocycles. The van der Waals surface area contributed by atoms with Gasteiger partial charge in [-0.2, -0.15) is 13.2 Å². The number of hydrogen-bond donors (Lipinski definition) is 1. The van der Waals surface area contributed by atoms with Crippen LogP contribution in [0, 0.1) is 0 Å². The van der Waals surface area contributed by atoms with Crippen LogP contribution in [0.25, 0.3) is 0 Å². The first kappa shape index (κ1) is 13.9. The number of fused-ring (bicyclic) bond motifs is 2. The van der Waals surface area contributed by atoms with E-state index in [1.54, 1.807) is 4.90 Å². The third-order valence-electron chi connectivity index (χ3n) is 3.95. The van der Waals surface area contributed by atoms with Crippen molar-refractivity contribution in [2.45, 2.75) is 37.5 Å². The molecule has 3 heterocycles. The monoisotopic (exact) mass is 298 g/mol. The normalized spacial score (nSPS) is 24.4. The lowest BCUT2D eigenvalue weighted by Crippen LogP contribution is -2.39. The van der Waals surface area contributed by atoms with Gasteiger partial charge in [-0.15, -0.1) is 0 Å². The van der Waals surface area contributed by atoms with Crippen molar-refractivity contribution in [3.63, 3.8) is 0 Å². The molecule has 0 amide bonds. The number of rotatable bonds is 2. The summed E-state index contributed by atoms with van der Waals surface area (Å²) in [6.07, 6.45) is 1.65. The summed E-state index contributed by atoms with van der Waals surface area (Å²) in [5.74, 6) is -1.34. The van der Waals surface area contributed by atoms with E-state index in [-0.39, 0.29) is 23.5 Å². The second-order valence-electron chi connectivity index (χ2n) is 5.24. The van der Waals surface area contributed by atoms with Gasteiger partial charge in [0.15, 0.2) is 0 Å². The molecule has 1 saturated heterocycles. The molecular weight excluding hydrogens is 285 g/mol. The van der Waals surface area contributed by atoms with Crippen LogP contribution in [0.1, 0.15) is 35.3 Å². The fourth-order valence-electron chi connectivity index (χ4n) is 3.03. The molecule has 7 heteroatoms. The van der Waals surface area contributed by atoms with Crippen LogP contribution in [0.5, 0.6) is 0 Å². The summed E-state index contributed by atoms with van der Waals surface area (Å²) in [6, 6.07) is 1.66. The minimum absolute atomic E-state index is 0.0223. The van der Waals surface area contributed by atoms with E-state index in [4.69, 9.17) is 0 Å². The number of aromatic nitrogens is 1. The molecular formula is C14H13F3N2O2. The van der Waals surface area contributed by atoms with E-state index in [0.29, 0.717) is 12.5 Å². The molecule has 2 unspecified atom stereocenters. The summed E-state index contributed by atoms with van der Waals surface area (Å²) >= 11 is 0. The van der Waals surface area contributed by atoms with Crippen molar-refractivity contribution in [1.29, 1.82) is 0 Å². The Kier molecular flexibility index (Phi) is 3.15. The molecule has 0 radical (unpaired) electrons. The highest BCUT2D eigenvalue weighted by Gasteiger charge is 2.39. The highest BCUT2D eigenvalue weighted by molar-refractivity contribution is 5.93. The summed E-state index contributed by atoms with van der Waals surface area (Å²) in [5, 5.41) is 9.22. The Bertz CT molecular complexity index is 613. The fourth-order valence-corrected chi connectivity index (χ4v) is 3.03. The number of hydrogen-bond acceptors (Lipinski definition) is 3. The number of carboxylic acids is 1. The topological polar surface area (TPSA) is 53.4 Å². The smallest absolute Gasteiger partial charge is 0.433 e.